The average molecular weight is 292 g/mol. The van der Waals surface area contributed by atoms with Gasteiger partial charge in [-0.1, -0.05) is 0 Å². The summed E-state index contributed by atoms with van der Waals surface area (Å²) in [5, 5.41) is 10.6. The Morgan fingerprint density at radius 1 is 1.10 bits per heavy atom. The first-order valence-corrected chi connectivity index (χ1v) is 5.58. The highest BCUT2D eigenvalue weighted by atomic mass is 35.5. The van der Waals surface area contributed by atoms with E-state index in [0.29, 0.717) is 17.3 Å². The van der Waals surface area contributed by atoms with Gasteiger partial charge in [0.15, 0.2) is 11.6 Å². The van der Waals surface area contributed by atoms with Crippen LogP contribution in [0.4, 0.5) is 5.69 Å². The van der Waals surface area contributed by atoms with Gasteiger partial charge in [0.2, 0.25) is 0 Å². The molecule has 0 atom stereocenters. The minimum Gasteiger partial charge on any atom is -0.453 e. The summed E-state index contributed by atoms with van der Waals surface area (Å²) in [6.45, 7) is 0. The number of nitrogens with one attached hydrogen (secondary N) is 1. The van der Waals surface area contributed by atoms with Gasteiger partial charge in [-0.2, -0.15) is 0 Å². The molecule has 0 fully saturated rings. The number of rotatable bonds is 3. The largest absolute Gasteiger partial charge is 0.453 e. The fourth-order valence-electron chi connectivity index (χ4n) is 1.77. The maximum Gasteiger partial charge on any atom is 0.269 e. The number of nitrogens with zero attached hydrogens (tertiary/aromatic N) is 2. The highest BCUT2D eigenvalue weighted by Gasteiger charge is 2.10. The number of benzene rings is 1. The SMILES string of the molecule is Cl.O=[N+]([O-])c1ccc(-c2ccc(-c3ncc[nH]3)o2)cc1. The van der Waals surface area contributed by atoms with Gasteiger partial charge in [0, 0.05) is 30.1 Å². The molecule has 2 aromatic heterocycles. The van der Waals surface area contributed by atoms with Crippen LogP contribution in [0.1, 0.15) is 0 Å². The lowest BCUT2D eigenvalue weighted by Crippen LogP contribution is -1.86. The highest BCUT2D eigenvalue weighted by Crippen LogP contribution is 2.27. The zero-order valence-corrected chi connectivity index (χ0v) is 11.0. The zero-order chi connectivity index (χ0) is 13.2. The average Bonchev–Trinajstić information content (AvgIpc) is 3.10. The Morgan fingerprint density at radius 3 is 2.40 bits per heavy atom. The summed E-state index contributed by atoms with van der Waals surface area (Å²) in [6.07, 6.45) is 3.35. The Kier molecular flexibility index (Phi) is 3.86. The lowest BCUT2D eigenvalue weighted by atomic mass is 10.1. The molecular weight excluding hydrogens is 282 g/mol. The fourth-order valence-corrected chi connectivity index (χ4v) is 1.77. The van der Waals surface area contributed by atoms with E-state index in [1.165, 1.54) is 12.1 Å². The molecule has 0 aliphatic heterocycles. The molecule has 3 aromatic rings. The van der Waals surface area contributed by atoms with Crippen LogP contribution < -0.4 is 0 Å². The maximum atomic E-state index is 10.6. The molecule has 3 rings (SSSR count). The van der Waals surface area contributed by atoms with E-state index in [4.69, 9.17) is 4.42 Å². The minimum absolute atomic E-state index is 0. The van der Waals surface area contributed by atoms with Crippen LogP contribution in [0, 0.1) is 10.1 Å². The molecule has 0 aliphatic rings. The van der Waals surface area contributed by atoms with Crippen LogP contribution in [0.3, 0.4) is 0 Å². The molecule has 1 N–H and O–H groups in total. The Morgan fingerprint density at radius 2 is 1.80 bits per heavy atom. The molecule has 7 heteroatoms. The Hall–Kier alpha value is -2.60. The summed E-state index contributed by atoms with van der Waals surface area (Å²) in [7, 11) is 0. The molecule has 6 nitrogen and oxygen atoms in total. The van der Waals surface area contributed by atoms with E-state index in [9.17, 15) is 10.1 Å². The number of aromatic amines is 1. The van der Waals surface area contributed by atoms with Gasteiger partial charge in [-0.25, -0.2) is 4.98 Å². The third-order valence-corrected chi connectivity index (χ3v) is 2.70. The number of aromatic nitrogens is 2. The highest BCUT2D eigenvalue weighted by molar-refractivity contribution is 5.85. The number of furan rings is 1. The van der Waals surface area contributed by atoms with Crippen molar-refractivity contribution in [3.8, 4) is 22.9 Å². The van der Waals surface area contributed by atoms with Crippen LogP contribution in [-0.2, 0) is 0 Å². The van der Waals surface area contributed by atoms with E-state index in [1.807, 2.05) is 0 Å². The molecule has 0 bridgehead atoms. The first-order valence-electron chi connectivity index (χ1n) is 5.58. The van der Waals surface area contributed by atoms with Crippen molar-refractivity contribution in [3.05, 3.63) is 58.9 Å². The number of hydrogen-bond donors (Lipinski definition) is 1. The number of nitro benzene ring substituents is 1. The second kappa shape index (κ2) is 5.58. The van der Waals surface area contributed by atoms with Crippen LogP contribution in [-0.4, -0.2) is 14.9 Å². The molecule has 0 aliphatic carbocycles. The van der Waals surface area contributed by atoms with Gasteiger partial charge in [0.05, 0.1) is 4.92 Å². The smallest absolute Gasteiger partial charge is 0.269 e. The summed E-state index contributed by atoms with van der Waals surface area (Å²) in [5.41, 5.74) is 0.838. The predicted octanol–water partition coefficient (Wildman–Crippen LogP) is 3.67. The van der Waals surface area contributed by atoms with Crippen LogP contribution in [0.15, 0.2) is 53.2 Å². The number of imidazole rings is 1. The molecule has 1 aromatic carbocycles. The topological polar surface area (TPSA) is 85.0 Å². The van der Waals surface area contributed by atoms with Crippen molar-refractivity contribution >= 4 is 18.1 Å². The molecule has 0 amide bonds. The number of H-pyrrole nitrogens is 1. The molecule has 102 valence electrons. The summed E-state index contributed by atoms with van der Waals surface area (Å²) in [4.78, 5) is 17.2. The number of halogens is 1. The number of nitro groups is 1. The second-order valence-electron chi connectivity index (χ2n) is 3.91. The van der Waals surface area contributed by atoms with E-state index in [-0.39, 0.29) is 18.1 Å². The zero-order valence-electron chi connectivity index (χ0n) is 10.1. The van der Waals surface area contributed by atoms with Gasteiger partial charge >= 0.3 is 0 Å². The quantitative estimate of drug-likeness (QED) is 0.589. The van der Waals surface area contributed by atoms with Gasteiger partial charge in [0.25, 0.3) is 5.69 Å². The second-order valence-corrected chi connectivity index (χ2v) is 3.91. The third-order valence-electron chi connectivity index (χ3n) is 2.70. The summed E-state index contributed by atoms with van der Waals surface area (Å²) >= 11 is 0. The van der Waals surface area contributed by atoms with Crippen molar-refractivity contribution in [2.24, 2.45) is 0 Å². The molecule has 0 saturated carbocycles. The Bertz CT molecular complexity index is 705. The van der Waals surface area contributed by atoms with Crippen molar-refractivity contribution in [1.29, 1.82) is 0 Å². The van der Waals surface area contributed by atoms with E-state index in [1.54, 1.807) is 36.7 Å². The van der Waals surface area contributed by atoms with Crippen molar-refractivity contribution in [2.45, 2.75) is 0 Å². The normalized spacial score (nSPS) is 10.0. The van der Waals surface area contributed by atoms with E-state index in [2.05, 4.69) is 9.97 Å². The summed E-state index contributed by atoms with van der Waals surface area (Å²) in [5.74, 6) is 1.91. The molecule has 0 radical (unpaired) electrons. The van der Waals surface area contributed by atoms with Crippen LogP contribution >= 0.6 is 12.4 Å². The lowest BCUT2D eigenvalue weighted by Gasteiger charge is -1.96. The van der Waals surface area contributed by atoms with Crippen molar-refractivity contribution in [3.63, 3.8) is 0 Å². The van der Waals surface area contributed by atoms with Gasteiger partial charge in [0.1, 0.15) is 5.76 Å². The summed E-state index contributed by atoms with van der Waals surface area (Å²) < 4.78 is 5.65. The Balaban J connectivity index is 0.00000147. The van der Waals surface area contributed by atoms with Gasteiger partial charge < -0.3 is 9.40 Å². The molecule has 0 saturated heterocycles. The van der Waals surface area contributed by atoms with Crippen molar-refractivity contribution < 1.29 is 9.34 Å². The van der Waals surface area contributed by atoms with E-state index >= 15 is 0 Å². The monoisotopic (exact) mass is 291 g/mol. The number of hydrogen-bond acceptors (Lipinski definition) is 4. The standard InChI is InChI=1S/C13H9N3O3.ClH/c17-16(18)10-3-1-9(2-4-10)11-5-6-12(19-11)13-14-7-8-15-13;/h1-8H,(H,14,15);1H. The molecule has 2 heterocycles. The maximum absolute atomic E-state index is 10.6. The van der Waals surface area contributed by atoms with E-state index < -0.39 is 4.92 Å². The van der Waals surface area contributed by atoms with Crippen LogP contribution in [0.5, 0.6) is 0 Å². The summed E-state index contributed by atoms with van der Waals surface area (Å²) in [6, 6.07) is 9.81. The molecule has 20 heavy (non-hydrogen) atoms. The molecule has 0 unspecified atom stereocenters. The fraction of sp³-hybridized carbons (Fsp3) is 0. The minimum atomic E-state index is -0.430. The van der Waals surface area contributed by atoms with Crippen molar-refractivity contribution in [2.75, 3.05) is 0 Å². The van der Waals surface area contributed by atoms with E-state index in [0.717, 1.165) is 5.56 Å². The first-order chi connectivity index (χ1) is 9.24. The molecular formula is C13H10ClN3O3. The van der Waals surface area contributed by atoms with Crippen molar-refractivity contribution in [1.82, 2.24) is 9.97 Å². The van der Waals surface area contributed by atoms with Crippen LogP contribution in [0.2, 0.25) is 0 Å². The van der Waals surface area contributed by atoms with Gasteiger partial charge in [-0.15, -0.1) is 12.4 Å². The lowest BCUT2D eigenvalue weighted by molar-refractivity contribution is -0.384. The predicted molar refractivity (Wildman–Crippen MR) is 75.6 cm³/mol. The van der Waals surface area contributed by atoms with Gasteiger partial charge in [-0.3, -0.25) is 10.1 Å². The Labute approximate surface area is 120 Å². The van der Waals surface area contributed by atoms with Crippen LogP contribution in [0.25, 0.3) is 22.9 Å². The first kappa shape index (κ1) is 13.8. The van der Waals surface area contributed by atoms with Gasteiger partial charge in [-0.05, 0) is 24.3 Å². The number of non-ortho nitro benzene ring substituents is 1. The molecule has 0 spiro atoms. The third kappa shape index (κ3) is 2.55.